The Morgan fingerprint density at radius 3 is 2.52 bits per heavy atom. The zero-order chi connectivity index (χ0) is 15.2. The molecule has 1 amide bonds. The van der Waals surface area contributed by atoms with Gasteiger partial charge in [0, 0.05) is 10.7 Å². The first kappa shape index (κ1) is 15.4. The minimum atomic E-state index is -0.318. The molecule has 2 aromatic rings. The molecule has 0 radical (unpaired) electrons. The van der Waals surface area contributed by atoms with Crippen molar-refractivity contribution in [3.05, 3.63) is 64.7 Å². The average molecular weight is 303 g/mol. The quantitative estimate of drug-likeness (QED) is 0.849. The van der Waals surface area contributed by atoms with Gasteiger partial charge in [-0.2, -0.15) is 0 Å². The predicted octanol–water partition coefficient (Wildman–Crippen LogP) is 3.93. The highest BCUT2D eigenvalue weighted by Gasteiger charge is 2.09. The van der Waals surface area contributed by atoms with Gasteiger partial charge in [0.25, 0.3) is 0 Å². The third-order valence-electron chi connectivity index (χ3n) is 3.33. The number of nitrogens with one attached hydrogen (secondary N) is 1. The van der Waals surface area contributed by atoms with Crippen LogP contribution in [0.1, 0.15) is 30.5 Å². The van der Waals surface area contributed by atoms with Gasteiger partial charge in [0.15, 0.2) is 0 Å². The first-order chi connectivity index (χ1) is 10.1. The zero-order valence-electron chi connectivity index (χ0n) is 12.0. The van der Waals surface area contributed by atoms with Crippen LogP contribution in [0.4, 0.5) is 5.69 Å². The van der Waals surface area contributed by atoms with Crippen molar-refractivity contribution in [3.8, 4) is 0 Å². The summed E-state index contributed by atoms with van der Waals surface area (Å²) in [6.45, 7) is 2.13. The third kappa shape index (κ3) is 4.50. The van der Waals surface area contributed by atoms with E-state index in [1.54, 1.807) is 0 Å². The highest BCUT2D eigenvalue weighted by Crippen LogP contribution is 2.24. The van der Waals surface area contributed by atoms with Crippen LogP contribution in [0, 0.1) is 0 Å². The summed E-state index contributed by atoms with van der Waals surface area (Å²) in [5, 5.41) is 4.22. The largest absolute Gasteiger partial charge is 0.378 e. The lowest BCUT2D eigenvalue weighted by molar-refractivity contribution is -0.117. The number of amides is 1. The molecule has 0 aliphatic heterocycles. The highest BCUT2D eigenvalue weighted by atomic mass is 35.5. The number of rotatable bonds is 6. The lowest BCUT2D eigenvalue weighted by Crippen LogP contribution is -2.13. The van der Waals surface area contributed by atoms with Crippen molar-refractivity contribution in [2.45, 2.75) is 25.8 Å². The van der Waals surface area contributed by atoms with E-state index >= 15 is 0 Å². The van der Waals surface area contributed by atoms with E-state index in [0.29, 0.717) is 0 Å². The molecule has 1 atom stereocenters. The van der Waals surface area contributed by atoms with Gasteiger partial charge in [0.2, 0.25) is 5.91 Å². The molecule has 0 aromatic heterocycles. The summed E-state index contributed by atoms with van der Waals surface area (Å²) in [6, 6.07) is 15.8. The number of anilines is 1. The number of nitrogens with two attached hydrogens (primary N) is 1. The molecule has 0 saturated carbocycles. The minimum Gasteiger partial charge on any atom is -0.378 e. The Morgan fingerprint density at radius 2 is 1.95 bits per heavy atom. The van der Waals surface area contributed by atoms with Crippen LogP contribution in [0.3, 0.4) is 0 Å². The fraction of sp³-hybridized carbons (Fsp3) is 0.235. The summed E-state index contributed by atoms with van der Waals surface area (Å²) in [7, 11) is 0. The van der Waals surface area contributed by atoms with E-state index in [4.69, 9.17) is 17.3 Å². The summed E-state index contributed by atoms with van der Waals surface area (Å²) in [4.78, 5) is 10.9. The molecule has 1 unspecified atom stereocenters. The molecule has 2 aromatic carbocycles. The van der Waals surface area contributed by atoms with E-state index in [2.05, 4.69) is 18.3 Å². The SMILES string of the molecule is CCC(Nc1ccc(CC(N)=O)cc1)c1cccc(Cl)c1. The maximum Gasteiger partial charge on any atom is 0.221 e. The fourth-order valence-corrected chi connectivity index (χ4v) is 2.46. The second kappa shape index (κ2) is 7.14. The Morgan fingerprint density at radius 1 is 1.24 bits per heavy atom. The van der Waals surface area contributed by atoms with Crippen molar-refractivity contribution in [1.29, 1.82) is 0 Å². The molecule has 0 bridgehead atoms. The molecule has 4 heteroatoms. The van der Waals surface area contributed by atoms with E-state index in [9.17, 15) is 4.79 Å². The summed E-state index contributed by atoms with van der Waals surface area (Å²) < 4.78 is 0. The minimum absolute atomic E-state index is 0.200. The number of hydrogen-bond donors (Lipinski definition) is 2. The monoisotopic (exact) mass is 302 g/mol. The van der Waals surface area contributed by atoms with Crippen LogP contribution >= 0.6 is 11.6 Å². The van der Waals surface area contributed by atoms with Crippen LogP contribution in [0.5, 0.6) is 0 Å². The Labute approximate surface area is 130 Å². The molecule has 0 fully saturated rings. The van der Waals surface area contributed by atoms with Crippen molar-refractivity contribution < 1.29 is 4.79 Å². The van der Waals surface area contributed by atoms with Crippen molar-refractivity contribution in [3.63, 3.8) is 0 Å². The number of primary amides is 1. The van der Waals surface area contributed by atoms with E-state index in [1.165, 1.54) is 0 Å². The number of halogens is 1. The van der Waals surface area contributed by atoms with Gasteiger partial charge in [-0.3, -0.25) is 4.79 Å². The Hall–Kier alpha value is -2.00. The lowest BCUT2D eigenvalue weighted by Gasteiger charge is -2.19. The van der Waals surface area contributed by atoms with Gasteiger partial charge in [-0.05, 0) is 41.8 Å². The van der Waals surface area contributed by atoms with Gasteiger partial charge in [0.1, 0.15) is 0 Å². The van der Waals surface area contributed by atoms with Gasteiger partial charge in [-0.1, -0.05) is 42.8 Å². The molecular weight excluding hydrogens is 284 g/mol. The van der Waals surface area contributed by atoms with E-state index < -0.39 is 0 Å². The number of carbonyl (C=O) groups is 1. The van der Waals surface area contributed by atoms with Crippen LogP contribution in [-0.4, -0.2) is 5.91 Å². The van der Waals surface area contributed by atoms with Gasteiger partial charge >= 0.3 is 0 Å². The molecule has 0 aliphatic carbocycles. The summed E-state index contributed by atoms with van der Waals surface area (Å²) in [5.74, 6) is -0.318. The Bertz CT molecular complexity index is 610. The van der Waals surface area contributed by atoms with Gasteiger partial charge in [0.05, 0.1) is 12.5 Å². The smallest absolute Gasteiger partial charge is 0.221 e. The molecule has 0 saturated heterocycles. The van der Waals surface area contributed by atoms with Gasteiger partial charge in [-0.25, -0.2) is 0 Å². The van der Waals surface area contributed by atoms with Crippen LogP contribution in [0.25, 0.3) is 0 Å². The van der Waals surface area contributed by atoms with Crippen molar-refractivity contribution in [1.82, 2.24) is 0 Å². The average Bonchev–Trinajstić information content (AvgIpc) is 2.46. The number of benzene rings is 2. The lowest BCUT2D eigenvalue weighted by atomic mass is 10.0. The molecule has 110 valence electrons. The first-order valence-electron chi connectivity index (χ1n) is 6.97. The van der Waals surface area contributed by atoms with E-state index in [-0.39, 0.29) is 18.4 Å². The highest BCUT2D eigenvalue weighted by molar-refractivity contribution is 6.30. The van der Waals surface area contributed by atoms with E-state index in [1.807, 2.05) is 42.5 Å². The summed E-state index contributed by atoms with van der Waals surface area (Å²) >= 11 is 6.05. The first-order valence-corrected chi connectivity index (χ1v) is 7.35. The van der Waals surface area contributed by atoms with Crippen molar-refractivity contribution >= 4 is 23.2 Å². The van der Waals surface area contributed by atoms with Gasteiger partial charge < -0.3 is 11.1 Å². The van der Waals surface area contributed by atoms with Crippen LogP contribution < -0.4 is 11.1 Å². The molecule has 0 aliphatic rings. The second-order valence-corrected chi connectivity index (χ2v) is 5.44. The second-order valence-electron chi connectivity index (χ2n) is 5.00. The number of carbonyl (C=O) groups excluding carboxylic acids is 1. The molecule has 0 heterocycles. The normalized spacial score (nSPS) is 11.9. The van der Waals surface area contributed by atoms with Gasteiger partial charge in [-0.15, -0.1) is 0 Å². The van der Waals surface area contributed by atoms with Crippen LogP contribution in [-0.2, 0) is 11.2 Å². The maximum atomic E-state index is 10.9. The number of hydrogen-bond acceptors (Lipinski definition) is 2. The molecule has 3 N–H and O–H groups in total. The molecule has 0 spiro atoms. The van der Waals surface area contributed by atoms with Crippen LogP contribution in [0.15, 0.2) is 48.5 Å². The van der Waals surface area contributed by atoms with Crippen LogP contribution in [0.2, 0.25) is 5.02 Å². The maximum absolute atomic E-state index is 10.9. The third-order valence-corrected chi connectivity index (χ3v) is 3.57. The molecule has 2 rings (SSSR count). The fourth-order valence-electron chi connectivity index (χ4n) is 2.27. The molecular formula is C17H19ClN2O. The topological polar surface area (TPSA) is 55.1 Å². The summed E-state index contributed by atoms with van der Waals surface area (Å²) in [6.07, 6.45) is 1.22. The Balaban J connectivity index is 2.10. The summed E-state index contributed by atoms with van der Waals surface area (Å²) in [5.41, 5.74) is 8.28. The standard InChI is InChI=1S/C17H19ClN2O/c1-2-16(13-4-3-5-14(18)11-13)20-15-8-6-12(7-9-15)10-17(19)21/h3-9,11,16,20H,2,10H2,1H3,(H2,19,21). The zero-order valence-corrected chi connectivity index (χ0v) is 12.7. The van der Waals surface area contributed by atoms with E-state index in [0.717, 1.165) is 28.3 Å². The molecule has 3 nitrogen and oxygen atoms in total. The van der Waals surface area contributed by atoms with Crippen molar-refractivity contribution in [2.75, 3.05) is 5.32 Å². The molecule has 21 heavy (non-hydrogen) atoms. The van der Waals surface area contributed by atoms with Crippen molar-refractivity contribution in [2.24, 2.45) is 5.73 Å². The Kier molecular flexibility index (Phi) is 5.23. The predicted molar refractivity (Wildman–Crippen MR) is 87.4 cm³/mol.